The number of pyridine rings is 1. The van der Waals surface area contributed by atoms with E-state index < -0.39 is 17.6 Å². The minimum absolute atomic E-state index is 0.0203. The number of fused-ring (bicyclic) bond motifs is 1. The number of piperidine rings is 1. The van der Waals surface area contributed by atoms with Crippen molar-refractivity contribution in [2.24, 2.45) is 0 Å². The van der Waals surface area contributed by atoms with Gasteiger partial charge in [0.2, 0.25) is 5.88 Å². The lowest BCUT2D eigenvalue weighted by Crippen LogP contribution is -2.38. The number of rotatable bonds is 11. The molecule has 0 amide bonds. The zero-order valence-corrected chi connectivity index (χ0v) is 25.1. The lowest BCUT2D eigenvalue weighted by molar-refractivity contribution is 0.0697. The van der Waals surface area contributed by atoms with E-state index in [1.54, 1.807) is 24.5 Å². The van der Waals surface area contributed by atoms with Gasteiger partial charge in [-0.15, -0.1) is 0 Å². The smallest absolute Gasteiger partial charge is 0.335 e. The number of carboxylic acids is 1. The second kappa shape index (κ2) is 13.3. The fourth-order valence-electron chi connectivity index (χ4n) is 5.55. The van der Waals surface area contributed by atoms with Crippen LogP contribution in [0.2, 0.25) is 0 Å². The Bertz CT molecular complexity index is 1930. The summed E-state index contributed by atoms with van der Waals surface area (Å²) >= 11 is 0. The molecule has 0 atom stereocenters. The van der Waals surface area contributed by atoms with Gasteiger partial charge >= 0.3 is 5.97 Å². The highest BCUT2D eigenvalue weighted by atomic mass is 19.1. The summed E-state index contributed by atoms with van der Waals surface area (Å²) in [4.78, 5) is 27.4. The van der Waals surface area contributed by atoms with Gasteiger partial charge in [-0.3, -0.25) is 4.90 Å². The highest BCUT2D eigenvalue weighted by Gasteiger charge is 2.24. The first-order valence-corrected chi connectivity index (χ1v) is 14.9. The van der Waals surface area contributed by atoms with Crippen molar-refractivity contribution < 1.29 is 28.2 Å². The van der Waals surface area contributed by atoms with E-state index in [0.29, 0.717) is 25.9 Å². The van der Waals surface area contributed by atoms with Crippen LogP contribution in [0, 0.1) is 23.0 Å². The maximum atomic E-state index is 14.5. The van der Waals surface area contributed by atoms with Crippen molar-refractivity contribution in [2.45, 2.75) is 52.1 Å². The topological polar surface area (TPSA) is 131 Å². The maximum Gasteiger partial charge on any atom is 0.335 e. The van der Waals surface area contributed by atoms with E-state index in [-0.39, 0.29) is 41.2 Å². The Kier molecular flexibility index (Phi) is 8.89. The molecule has 0 radical (unpaired) electrons. The molecule has 3 aromatic heterocycles. The normalized spacial score (nSPS) is 14.0. The number of carbonyl (C=O) groups is 1. The molecule has 0 aliphatic carbocycles. The quantitative estimate of drug-likeness (QED) is 0.211. The van der Waals surface area contributed by atoms with E-state index in [2.05, 4.69) is 19.4 Å². The Balaban J connectivity index is 1.11. The highest BCUT2D eigenvalue weighted by Crippen LogP contribution is 2.25. The van der Waals surface area contributed by atoms with Crippen molar-refractivity contribution >= 4 is 17.0 Å². The van der Waals surface area contributed by atoms with Crippen LogP contribution in [0.4, 0.5) is 8.78 Å². The summed E-state index contributed by atoms with van der Waals surface area (Å²) in [6, 6.07) is 13.3. The van der Waals surface area contributed by atoms with Gasteiger partial charge in [0, 0.05) is 31.9 Å². The molecule has 5 aromatic rings. The molecule has 1 saturated heterocycles. The minimum Gasteiger partial charge on any atom is -0.484 e. The number of nitrogens with zero attached hydrogens (tertiary/aromatic N) is 7. The van der Waals surface area contributed by atoms with Gasteiger partial charge in [-0.05, 0) is 62.2 Å². The van der Waals surface area contributed by atoms with Gasteiger partial charge in [0.05, 0.1) is 53.3 Å². The van der Waals surface area contributed by atoms with E-state index in [1.807, 2.05) is 23.8 Å². The Morgan fingerprint density at radius 2 is 1.89 bits per heavy atom. The number of imidazole rings is 2. The van der Waals surface area contributed by atoms with Gasteiger partial charge in [0.15, 0.2) is 11.6 Å². The number of benzene rings is 2. The lowest BCUT2D eigenvalue weighted by Gasteiger charge is -2.31. The first kappa shape index (κ1) is 30.7. The molecule has 1 aliphatic heterocycles. The monoisotopic (exact) mass is 627 g/mol. The number of likely N-dealkylation sites (tertiary alicyclic amines) is 1. The van der Waals surface area contributed by atoms with Gasteiger partial charge in [-0.1, -0.05) is 0 Å². The standard InChI is InChI=1S/C33H31F2N7O4/c1-2-41-20-37-16-23(41)17-42-29-14-22(33(43)44)4-6-27(29)38-31(42)18-40-11-9-24(10-12-40)46-32-8-5-25(34)28(39-32)19-45-30-7-3-21(15-36)13-26(30)35/h3-8,13-14,16,20,24H,2,9-12,17-19H2,1H3,(H,43,44). The number of hydrogen-bond donors (Lipinski definition) is 1. The zero-order chi connectivity index (χ0) is 32.2. The third-order valence-electron chi connectivity index (χ3n) is 8.04. The average molecular weight is 628 g/mol. The first-order chi connectivity index (χ1) is 22.3. The number of ether oxygens (including phenoxy) is 2. The number of aromatic nitrogens is 5. The molecule has 0 unspecified atom stereocenters. The third kappa shape index (κ3) is 6.67. The minimum atomic E-state index is -0.993. The number of hydrogen-bond acceptors (Lipinski definition) is 8. The van der Waals surface area contributed by atoms with Crippen LogP contribution in [-0.2, 0) is 26.2 Å². The molecular formula is C33H31F2N7O4. The average Bonchev–Trinajstić information content (AvgIpc) is 3.66. The summed E-state index contributed by atoms with van der Waals surface area (Å²) in [7, 11) is 0. The summed E-state index contributed by atoms with van der Waals surface area (Å²) in [5.74, 6) is -1.34. The van der Waals surface area contributed by atoms with Crippen LogP contribution in [0.25, 0.3) is 11.0 Å². The van der Waals surface area contributed by atoms with Crippen LogP contribution in [0.5, 0.6) is 11.6 Å². The Labute approximate surface area is 263 Å². The SMILES string of the molecule is CCn1cncc1Cn1c(CN2CCC(Oc3ccc(F)c(COc4ccc(C#N)cc4F)n3)CC2)nc2ccc(C(=O)O)cc21. The Morgan fingerprint density at radius 1 is 1.07 bits per heavy atom. The van der Waals surface area contributed by atoms with E-state index >= 15 is 0 Å². The second-order valence-corrected chi connectivity index (χ2v) is 11.0. The van der Waals surface area contributed by atoms with Crippen LogP contribution in [0.15, 0.2) is 61.1 Å². The predicted molar refractivity (Wildman–Crippen MR) is 162 cm³/mol. The van der Waals surface area contributed by atoms with Gasteiger partial charge in [0.25, 0.3) is 0 Å². The maximum absolute atomic E-state index is 14.5. The Hall–Kier alpha value is -5.35. The highest BCUT2D eigenvalue weighted by molar-refractivity contribution is 5.92. The Morgan fingerprint density at radius 3 is 2.63 bits per heavy atom. The van der Waals surface area contributed by atoms with Crippen molar-refractivity contribution in [3.63, 3.8) is 0 Å². The van der Waals surface area contributed by atoms with Crippen LogP contribution < -0.4 is 9.47 Å². The van der Waals surface area contributed by atoms with Gasteiger partial charge in [-0.25, -0.2) is 28.5 Å². The molecule has 6 rings (SSSR count). The molecule has 1 N–H and O–H groups in total. The molecule has 2 aromatic carbocycles. The third-order valence-corrected chi connectivity index (χ3v) is 8.04. The number of carboxylic acid groups (broad SMARTS) is 1. The molecule has 236 valence electrons. The van der Waals surface area contributed by atoms with Crippen molar-refractivity contribution in [3.05, 3.63) is 101 Å². The van der Waals surface area contributed by atoms with Crippen LogP contribution in [0.1, 0.15) is 52.9 Å². The predicted octanol–water partition coefficient (Wildman–Crippen LogP) is 5.17. The van der Waals surface area contributed by atoms with E-state index in [1.165, 1.54) is 24.3 Å². The van der Waals surface area contributed by atoms with Crippen molar-refractivity contribution in [3.8, 4) is 17.7 Å². The second-order valence-electron chi connectivity index (χ2n) is 11.0. The molecular weight excluding hydrogens is 596 g/mol. The molecule has 1 aliphatic rings. The summed E-state index contributed by atoms with van der Waals surface area (Å²) in [6.45, 7) is 5.00. The first-order valence-electron chi connectivity index (χ1n) is 14.9. The summed E-state index contributed by atoms with van der Waals surface area (Å²) < 4.78 is 44.3. The van der Waals surface area contributed by atoms with E-state index in [0.717, 1.165) is 48.3 Å². The van der Waals surface area contributed by atoms with Crippen molar-refractivity contribution in [2.75, 3.05) is 13.1 Å². The van der Waals surface area contributed by atoms with Crippen molar-refractivity contribution in [1.29, 1.82) is 5.26 Å². The molecule has 1 fully saturated rings. The molecule has 0 saturated carbocycles. The summed E-state index contributed by atoms with van der Waals surface area (Å²) in [5.41, 5.74) is 2.81. The van der Waals surface area contributed by atoms with E-state index in [9.17, 15) is 18.7 Å². The molecule has 4 heterocycles. The van der Waals surface area contributed by atoms with Crippen molar-refractivity contribution in [1.82, 2.24) is 29.0 Å². The molecule has 46 heavy (non-hydrogen) atoms. The molecule has 11 nitrogen and oxygen atoms in total. The van der Waals surface area contributed by atoms with Gasteiger partial charge < -0.3 is 23.7 Å². The largest absolute Gasteiger partial charge is 0.484 e. The van der Waals surface area contributed by atoms with Gasteiger partial charge in [-0.2, -0.15) is 5.26 Å². The van der Waals surface area contributed by atoms with Gasteiger partial charge in [0.1, 0.15) is 30.0 Å². The number of nitriles is 1. The molecule has 0 bridgehead atoms. The number of halogens is 2. The summed E-state index contributed by atoms with van der Waals surface area (Å²) in [5, 5.41) is 18.5. The van der Waals surface area contributed by atoms with Crippen LogP contribution in [-0.4, -0.2) is 59.3 Å². The zero-order valence-electron chi connectivity index (χ0n) is 25.1. The molecule has 0 spiro atoms. The number of aryl methyl sites for hydroxylation is 1. The van der Waals surface area contributed by atoms with Crippen LogP contribution >= 0.6 is 0 Å². The fraction of sp³-hybridized carbons (Fsp3) is 0.303. The summed E-state index contributed by atoms with van der Waals surface area (Å²) in [6.07, 6.45) is 4.86. The lowest BCUT2D eigenvalue weighted by atomic mass is 10.1. The molecule has 13 heteroatoms. The fourth-order valence-corrected chi connectivity index (χ4v) is 5.55. The van der Waals surface area contributed by atoms with E-state index in [4.69, 9.17) is 19.7 Å². The van der Waals surface area contributed by atoms with Crippen LogP contribution in [0.3, 0.4) is 0 Å². The number of aromatic carboxylic acids is 1.